The smallest absolute Gasteiger partial charge is 0.0555 e. The molecule has 0 amide bonds. The zero-order valence-corrected chi connectivity index (χ0v) is 26.8. The number of aromatic nitrogens is 1. The maximum absolute atomic E-state index is 6.57. The van der Waals surface area contributed by atoms with Gasteiger partial charge in [-0.15, -0.1) is 11.3 Å². The summed E-state index contributed by atoms with van der Waals surface area (Å²) in [7, 11) is 0. The van der Waals surface area contributed by atoms with Gasteiger partial charge in [0.15, 0.2) is 0 Å². The van der Waals surface area contributed by atoms with E-state index in [4.69, 9.17) is 11.6 Å². The van der Waals surface area contributed by atoms with E-state index in [-0.39, 0.29) is 0 Å². The summed E-state index contributed by atoms with van der Waals surface area (Å²) >= 11 is 8.44. The highest BCUT2D eigenvalue weighted by atomic mass is 35.5. The van der Waals surface area contributed by atoms with E-state index in [1.54, 1.807) is 0 Å². The van der Waals surface area contributed by atoms with Crippen LogP contribution >= 0.6 is 22.9 Å². The third-order valence-electron chi connectivity index (χ3n) is 9.63. The van der Waals surface area contributed by atoms with Gasteiger partial charge >= 0.3 is 0 Å². The Balaban J connectivity index is 1.27. The molecule has 0 fully saturated rings. The molecule has 0 saturated heterocycles. The summed E-state index contributed by atoms with van der Waals surface area (Å²) in [4.78, 5) is 0. The second-order valence-corrected chi connectivity index (χ2v) is 13.7. The number of para-hydroxylation sites is 1. The van der Waals surface area contributed by atoms with Gasteiger partial charge in [-0.3, -0.25) is 0 Å². The molecule has 0 radical (unpaired) electrons. The molecule has 0 spiro atoms. The van der Waals surface area contributed by atoms with Gasteiger partial charge in [0, 0.05) is 41.7 Å². The quantitative estimate of drug-likeness (QED) is 0.170. The third-order valence-corrected chi connectivity index (χ3v) is 11.0. The maximum atomic E-state index is 6.57. The first kappa shape index (κ1) is 26.8. The van der Waals surface area contributed by atoms with Crippen molar-refractivity contribution >= 4 is 86.5 Å². The molecule has 1 nitrogen and oxygen atoms in total. The van der Waals surface area contributed by atoms with Crippen LogP contribution in [0.3, 0.4) is 0 Å². The summed E-state index contributed by atoms with van der Waals surface area (Å²) in [6.07, 6.45) is 0. The molecule has 0 N–H and O–H groups in total. The lowest BCUT2D eigenvalue weighted by molar-refractivity contribution is 1.18. The summed E-state index contributed by atoms with van der Waals surface area (Å²) in [6, 6.07) is 57.3. The standard InChI is InChI=1S/C44H26ClNS/c45-29-20-21-31-37-24-27(18-22-39(37)46(40(31)26-29)30-10-2-1-3-11-30)43-33-13-4-6-15-35(33)44(36-16-7-5-14-34(36)43)28-19-23-42-38(25-28)32-12-8-9-17-41(32)47-42/h1-26H. The Morgan fingerprint density at radius 1 is 0.383 bits per heavy atom. The lowest BCUT2D eigenvalue weighted by Gasteiger charge is -2.18. The van der Waals surface area contributed by atoms with Gasteiger partial charge in [0.1, 0.15) is 0 Å². The first-order chi connectivity index (χ1) is 23.2. The molecule has 0 saturated carbocycles. The fourth-order valence-corrected chi connectivity index (χ4v) is 8.89. The molecule has 0 unspecified atom stereocenters. The largest absolute Gasteiger partial charge is 0.309 e. The van der Waals surface area contributed by atoms with E-state index in [0.29, 0.717) is 0 Å². The second-order valence-electron chi connectivity index (χ2n) is 12.2. The summed E-state index contributed by atoms with van der Waals surface area (Å²) in [6.45, 7) is 0. The molecule has 10 rings (SSSR count). The fourth-order valence-electron chi connectivity index (χ4n) is 7.64. The van der Waals surface area contributed by atoms with E-state index in [2.05, 4.69) is 156 Å². The van der Waals surface area contributed by atoms with Crippen molar-refractivity contribution < 1.29 is 0 Å². The molecule has 0 aliphatic rings. The minimum absolute atomic E-state index is 0.735. The van der Waals surface area contributed by atoms with Crippen molar-refractivity contribution in [3.63, 3.8) is 0 Å². The summed E-state index contributed by atoms with van der Waals surface area (Å²) < 4.78 is 4.98. The summed E-state index contributed by atoms with van der Waals surface area (Å²) in [5.41, 5.74) is 8.40. The van der Waals surface area contributed by atoms with Crippen molar-refractivity contribution in [3.05, 3.63) is 163 Å². The molecule has 0 aliphatic heterocycles. The predicted molar refractivity (Wildman–Crippen MR) is 205 cm³/mol. The van der Waals surface area contributed by atoms with E-state index in [1.807, 2.05) is 17.4 Å². The number of hydrogen-bond donors (Lipinski definition) is 0. The molecule has 8 aromatic carbocycles. The van der Waals surface area contributed by atoms with E-state index in [1.165, 1.54) is 80.3 Å². The molecule has 2 aromatic heterocycles. The van der Waals surface area contributed by atoms with Gasteiger partial charge in [0.25, 0.3) is 0 Å². The van der Waals surface area contributed by atoms with Crippen LogP contribution in [0, 0.1) is 0 Å². The van der Waals surface area contributed by atoms with E-state index < -0.39 is 0 Å². The van der Waals surface area contributed by atoms with Gasteiger partial charge < -0.3 is 4.57 Å². The Morgan fingerprint density at radius 3 is 1.62 bits per heavy atom. The average molecular weight is 636 g/mol. The molecule has 47 heavy (non-hydrogen) atoms. The Labute approximate surface area is 280 Å². The predicted octanol–water partition coefficient (Wildman–Crippen LogP) is 13.4. The average Bonchev–Trinajstić information content (AvgIpc) is 3.65. The zero-order valence-electron chi connectivity index (χ0n) is 25.2. The van der Waals surface area contributed by atoms with E-state index in [0.717, 1.165) is 16.2 Å². The summed E-state index contributed by atoms with van der Waals surface area (Å²) in [5.74, 6) is 0. The minimum atomic E-state index is 0.735. The van der Waals surface area contributed by atoms with Gasteiger partial charge in [-0.05, 0) is 98.4 Å². The van der Waals surface area contributed by atoms with Crippen molar-refractivity contribution in [1.29, 1.82) is 0 Å². The topological polar surface area (TPSA) is 4.93 Å². The van der Waals surface area contributed by atoms with Gasteiger partial charge in [0.05, 0.1) is 11.0 Å². The lowest BCUT2D eigenvalue weighted by atomic mass is 9.85. The molecule has 0 atom stereocenters. The molecule has 0 bridgehead atoms. The van der Waals surface area contributed by atoms with Crippen molar-refractivity contribution in [3.8, 4) is 27.9 Å². The Bertz CT molecular complexity index is 2800. The molecule has 10 aromatic rings. The highest BCUT2D eigenvalue weighted by molar-refractivity contribution is 7.25. The Kier molecular flexibility index (Phi) is 5.87. The zero-order chi connectivity index (χ0) is 31.1. The second kappa shape index (κ2) is 10.3. The first-order valence-electron chi connectivity index (χ1n) is 15.9. The van der Waals surface area contributed by atoms with Crippen LogP contribution in [0.5, 0.6) is 0 Å². The molecule has 3 heteroatoms. The van der Waals surface area contributed by atoms with Crippen LogP contribution in [0.25, 0.3) is 91.5 Å². The van der Waals surface area contributed by atoms with Crippen LogP contribution in [-0.4, -0.2) is 4.57 Å². The highest BCUT2D eigenvalue weighted by Crippen LogP contribution is 2.46. The van der Waals surface area contributed by atoms with Crippen LogP contribution in [0.2, 0.25) is 5.02 Å². The molecule has 0 aliphatic carbocycles. The van der Waals surface area contributed by atoms with E-state index in [9.17, 15) is 0 Å². The SMILES string of the molecule is Clc1ccc2c3cc(-c4c5ccccc5c(-c5ccc6sc7ccccc7c6c5)c5ccccc45)ccc3n(-c3ccccc3)c2c1. The molecular weight excluding hydrogens is 610 g/mol. The van der Waals surface area contributed by atoms with Crippen LogP contribution in [0.4, 0.5) is 0 Å². The first-order valence-corrected chi connectivity index (χ1v) is 17.1. The molecule has 2 heterocycles. The third kappa shape index (κ3) is 4.02. The Morgan fingerprint density at radius 2 is 0.936 bits per heavy atom. The molecule has 220 valence electrons. The van der Waals surface area contributed by atoms with Crippen LogP contribution in [0.1, 0.15) is 0 Å². The van der Waals surface area contributed by atoms with Crippen LogP contribution in [-0.2, 0) is 0 Å². The van der Waals surface area contributed by atoms with Gasteiger partial charge in [-0.2, -0.15) is 0 Å². The minimum Gasteiger partial charge on any atom is -0.309 e. The van der Waals surface area contributed by atoms with Gasteiger partial charge in [-0.25, -0.2) is 0 Å². The highest BCUT2D eigenvalue weighted by Gasteiger charge is 2.19. The van der Waals surface area contributed by atoms with E-state index >= 15 is 0 Å². The van der Waals surface area contributed by atoms with Crippen molar-refractivity contribution in [2.24, 2.45) is 0 Å². The van der Waals surface area contributed by atoms with Crippen LogP contribution < -0.4 is 0 Å². The van der Waals surface area contributed by atoms with Crippen LogP contribution in [0.15, 0.2) is 158 Å². The fraction of sp³-hybridized carbons (Fsp3) is 0. The lowest BCUT2D eigenvalue weighted by Crippen LogP contribution is -1.93. The van der Waals surface area contributed by atoms with Crippen molar-refractivity contribution in [2.75, 3.05) is 0 Å². The van der Waals surface area contributed by atoms with Crippen molar-refractivity contribution in [2.45, 2.75) is 0 Å². The number of hydrogen-bond acceptors (Lipinski definition) is 1. The molecular formula is C44H26ClNS. The number of nitrogens with zero attached hydrogens (tertiary/aromatic N) is 1. The van der Waals surface area contributed by atoms with Gasteiger partial charge in [-0.1, -0.05) is 115 Å². The van der Waals surface area contributed by atoms with Gasteiger partial charge in [0.2, 0.25) is 0 Å². The van der Waals surface area contributed by atoms with Crippen molar-refractivity contribution in [1.82, 2.24) is 4.57 Å². The Hall–Kier alpha value is -5.41. The number of fused-ring (bicyclic) bond motifs is 8. The normalized spacial score (nSPS) is 11.9. The summed E-state index contributed by atoms with van der Waals surface area (Å²) in [5, 5.41) is 10.8. The number of benzene rings is 8. The number of thiophene rings is 1. The maximum Gasteiger partial charge on any atom is 0.0555 e. The monoisotopic (exact) mass is 635 g/mol. The number of rotatable bonds is 3. The number of halogens is 1.